The molecule has 1 aliphatic heterocycles. The highest BCUT2D eigenvalue weighted by Gasteiger charge is 2.26. The number of anilines is 1. The monoisotopic (exact) mass is 483 g/mol. The molecule has 2 aromatic carbocycles. The molecule has 2 aromatic heterocycles. The Bertz CT molecular complexity index is 1280. The quantitative estimate of drug-likeness (QED) is 0.407. The van der Waals surface area contributed by atoms with Gasteiger partial charge in [-0.05, 0) is 55.8 Å². The van der Waals surface area contributed by atoms with Crippen LogP contribution >= 0.6 is 23.2 Å². The lowest BCUT2D eigenvalue weighted by Gasteiger charge is -2.29. The lowest BCUT2D eigenvalue weighted by atomic mass is 9.97. The molecule has 0 bridgehead atoms. The smallest absolute Gasteiger partial charge is 0.239 e. The van der Waals surface area contributed by atoms with Crippen LogP contribution in [0.15, 0.2) is 59.1 Å². The van der Waals surface area contributed by atoms with E-state index < -0.39 is 0 Å². The molecule has 1 N–H and O–H groups in total. The number of nitrogens with one attached hydrogen (secondary N) is 1. The second kappa shape index (κ2) is 9.55. The number of aromatic nitrogens is 3. The van der Waals surface area contributed by atoms with Crippen molar-refractivity contribution in [1.29, 1.82) is 0 Å². The number of carbonyl (C=O) groups excluding carboxylic acids is 1. The molecule has 9 heteroatoms. The molecule has 0 atom stereocenters. The number of likely N-dealkylation sites (tertiary alicyclic amines) is 1. The Hall–Kier alpha value is -2.87. The van der Waals surface area contributed by atoms with Gasteiger partial charge in [-0.15, -0.1) is 0 Å². The number of rotatable bonds is 6. The SMILES string of the molecule is O=C(CN1CCC(c2nc3cc(Cl)ccc3o2)CC1)Nc1ccnn1Cc1ccccc1Cl. The van der Waals surface area contributed by atoms with E-state index in [1.165, 1.54) is 0 Å². The number of amides is 1. The van der Waals surface area contributed by atoms with Gasteiger partial charge in [0.05, 0.1) is 19.3 Å². The number of oxazole rings is 1. The largest absolute Gasteiger partial charge is 0.440 e. The van der Waals surface area contributed by atoms with E-state index in [-0.39, 0.29) is 11.8 Å². The first-order valence-electron chi connectivity index (χ1n) is 10.9. The van der Waals surface area contributed by atoms with Crippen molar-refractivity contribution in [2.75, 3.05) is 25.0 Å². The normalized spacial score (nSPS) is 15.2. The third kappa shape index (κ3) is 5.05. The summed E-state index contributed by atoms with van der Waals surface area (Å²) < 4.78 is 7.67. The Morgan fingerprint density at radius 1 is 1.12 bits per heavy atom. The number of benzene rings is 2. The minimum absolute atomic E-state index is 0.0640. The maximum atomic E-state index is 12.7. The van der Waals surface area contributed by atoms with Crippen molar-refractivity contribution in [3.8, 4) is 0 Å². The molecule has 1 fully saturated rings. The van der Waals surface area contributed by atoms with E-state index in [0.717, 1.165) is 48.5 Å². The summed E-state index contributed by atoms with van der Waals surface area (Å²) in [7, 11) is 0. The van der Waals surface area contributed by atoms with Gasteiger partial charge in [0.1, 0.15) is 11.3 Å². The maximum Gasteiger partial charge on any atom is 0.239 e. The van der Waals surface area contributed by atoms with Crippen molar-refractivity contribution in [3.63, 3.8) is 0 Å². The highest BCUT2D eigenvalue weighted by atomic mass is 35.5. The minimum Gasteiger partial charge on any atom is -0.440 e. The van der Waals surface area contributed by atoms with Crippen LogP contribution in [0.25, 0.3) is 11.1 Å². The first-order valence-corrected chi connectivity index (χ1v) is 11.6. The number of halogens is 2. The van der Waals surface area contributed by atoms with Gasteiger partial charge < -0.3 is 9.73 Å². The zero-order valence-electron chi connectivity index (χ0n) is 17.9. The number of hydrogen-bond donors (Lipinski definition) is 1. The molecule has 0 radical (unpaired) electrons. The van der Waals surface area contributed by atoms with Crippen molar-refractivity contribution >= 4 is 46.0 Å². The number of carbonyl (C=O) groups is 1. The molecule has 0 saturated carbocycles. The number of fused-ring (bicyclic) bond motifs is 1. The lowest BCUT2D eigenvalue weighted by molar-refractivity contribution is -0.117. The van der Waals surface area contributed by atoms with Crippen LogP contribution < -0.4 is 5.32 Å². The standard InChI is InChI=1S/C24H23Cl2N5O2/c25-18-5-6-21-20(13-18)28-24(33-21)16-8-11-30(12-9-16)15-23(32)29-22-7-10-27-31(22)14-17-3-1-2-4-19(17)26/h1-7,10,13,16H,8-9,11-12,14-15H2,(H,29,32). The van der Waals surface area contributed by atoms with E-state index in [4.69, 9.17) is 27.6 Å². The molecule has 0 aliphatic carbocycles. The molecule has 4 aromatic rings. The van der Waals surface area contributed by atoms with Crippen molar-refractivity contribution in [3.05, 3.63) is 76.2 Å². The van der Waals surface area contributed by atoms with Crippen LogP contribution in [0.5, 0.6) is 0 Å². The van der Waals surface area contributed by atoms with Crippen LogP contribution in [-0.2, 0) is 11.3 Å². The fourth-order valence-corrected chi connectivity index (χ4v) is 4.53. The zero-order valence-corrected chi connectivity index (χ0v) is 19.4. The van der Waals surface area contributed by atoms with E-state index in [0.29, 0.717) is 29.0 Å². The molecule has 1 saturated heterocycles. The Labute approximate surface area is 201 Å². The van der Waals surface area contributed by atoms with Crippen LogP contribution in [0, 0.1) is 0 Å². The van der Waals surface area contributed by atoms with Crippen molar-refractivity contribution in [1.82, 2.24) is 19.7 Å². The second-order valence-electron chi connectivity index (χ2n) is 8.23. The number of nitrogens with zero attached hydrogens (tertiary/aromatic N) is 4. The van der Waals surface area contributed by atoms with Gasteiger partial charge in [-0.1, -0.05) is 41.4 Å². The third-order valence-electron chi connectivity index (χ3n) is 5.93. The Morgan fingerprint density at radius 2 is 1.94 bits per heavy atom. The fourth-order valence-electron chi connectivity index (χ4n) is 4.17. The van der Waals surface area contributed by atoms with Gasteiger partial charge in [0.25, 0.3) is 0 Å². The highest BCUT2D eigenvalue weighted by Crippen LogP contribution is 2.30. The molecule has 3 heterocycles. The minimum atomic E-state index is -0.0640. The van der Waals surface area contributed by atoms with E-state index in [1.54, 1.807) is 23.0 Å². The summed E-state index contributed by atoms with van der Waals surface area (Å²) in [6.45, 7) is 2.42. The zero-order chi connectivity index (χ0) is 22.8. The van der Waals surface area contributed by atoms with Gasteiger partial charge in [0.2, 0.25) is 5.91 Å². The van der Waals surface area contributed by atoms with E-state index in [9.17, 15) is 4.79 Å². The van der Waals surface area contributed by atoms with Gasteiger partial charge >= 0.3 is 0 Å². The average Bonchev–Trinajstić information content (AvgIpc) is 3.42. The second-order valence-corrected chi connectivity index (χ2v) is 9.07. The van der Waals surface area contributed by atoms with Crippen LogP contribution in [0.1, 0.15) is 30.2 Å². The predicted molar refractivity (Wildman–Crippen MR) is 129 cm³/mol. The van der Waals surface area contributed by atoms with Crippen molar-refractivity contribution in [2.24, 2.45) is 0 Å². The topological polar surface area (TPSA) is 76.2 Å². The number of hydrogen-bond acceptors (Lipinski definition) is 5. The summed E-state index contributed by atoms with van der Waals surface area (Å²) in [5.74, 6) is 1.58. The summed E-state index contributed by atoms with van der Waals surface area (Å²) in [5, 5.41) is 8.63. The lowest BCUT2D eigenvalue weighted by Crippen LogP contribution is -2.39. The molecule has 7 nitrogen and oxygen atoms in total. The molecule has 33 heavy (non-hydrogen) atoms. The summed E-state index contributed by atoms with van der Waals surface area (Å²) >= 11 is 12.3. The Balaban J connectivity index is 1.15. The first kappa shape index (κ1) is 21.9. The average molecular weight is 484 g/mol. The van der Waals surface area contributed by atoms with Crippen molar-refractivity contribution in [2.45, 2.75) is 25.3 Å². The van der Waals surface area contributed by atoms with Gasteiger partial charge in [-0.2, -0.15) is 5.10 Å². The molecule has 0 unspecified atom stereocenters. The molecular formula is C24H23Cl2N5O2. The van der Waals surface area contributed by atoms with Gasteiger partial charge in [-0.25, -0.2) is 9.67 Å². The van der Waals surface area contributed by atoms with Gasteiger partial charge in [0.15, 0.2) is 11.5 Å². The van der Waals surface area contributed by atoms with Crippen LogP contribution in [-0.4, -0.2) is 45.2 Å². The highest BCUT2D eigenvalue weighted by molar-refractivity contribution is 6.31. The molecule has 170 valence electrons. The number of piperidine rings is 1. The predicted octanol–water partition coefficient (Wildman–Crippen LogP) is 5.20. The van der Waals surface area contributed by atoms with Gasteiger partial charge in [0, 0.05) is 22.0 Å². The molecular weight excluding hydrogens is 461 g/mol. The molecule has 1 amide bonds. The molecule has 0 spiro atoms. The summed E-state index contributed by atoms with van der Waals surface area (Å²) in [5.41, 5.74) is 2.49. The van der Waals surface area contributed by atoms with Crippen LogP contribution in [0.2, 0.25) is 10.0 Å². The van der Waals surface area contributed by atoms with Crippen molar-refractivity contribution < 1.29 is 9.21 Å². The van der Waals surface area contributed by atoms with Crippen LogP contribution in [0.4, 0.5) is 5.82 Å². The summed E-state index contributed by atoms with van der Waals surface area (Å²) in [4.78, 5) is 19.5. The third-order valence-corrected chi connectivity index (χ3v) is 6.54. The van der Waals surface area contributed by atoms with E-state index in [1.807, 2.05) is 36.4 Å². The van der Waals surface area contributed by atoms with E-state index in [2.05, 4.69) is 20.3 Å². The molecule has 5 rings (SSSR count). The fraction of sp³-hybridized carbons (Fsp3) is 0.292. The van der Waals surface area contributed by atoms with Crippen LogP contribution in [0.3, 0.4) is 0 Å². The Kier molecular flexibility index (Phi) is 6.35. The first-order chi connectivity index (χ1) is 16.0. The van der Waals surface area contributed by atoms with Gasteiger partial charge in [-0.3, -0.25) is 9.69 Å². The maximum absolute atomic E-state index is 12.7. The molecule has 1 aliphatic rings. The Morgan fingerprint density at radius 3 is 2.76 bits per heavy atom. The summed E-state index contributed by atoms with van der Waals surface area (Å²) in [6, 6.07) is 14.9. The summed E-state index contributed by atoms with van der Waals surface area (Å²) in [6.07, 6.45) is 3.45. The van der Waals surface area contributed by atoms with E-state index >= 15 is 0 Å².